The minimum absolute atomic E-state index is 0.212. The van der Waals surface area contributed by atoms with Gasteiger partial charge in [-0.05, 0) is 32.4 Å². The molecule has 17 heavy (non-hydrogen) atoms. The zero-order chi connectivity index (χ0) is 12.4. The first-order chi connectivity index (χ1) is 8.11. The average Bonchev–Trinajstić information content (AvgIpc) is 2.63. The van der Waals surface area contributed by atoms with Gasteiger partial charge in [0.25, 0.3) is 0 Å². The smallest absolute Gasteiger partial charge is 0.134 e. The molecule has 2 rings (SSSR count). The summed E-state index contributed by atoms with van der Waals surface area (Å²) in [6, 6.07) is 6.23. The van der Waals surface area contributed by atoms with E-state index in [0.29, 0.717) is 12.8 Å². The summed E-state index contributed by atoms with van der Waals surface area (Å²) in [4.78, 5) is 11.0. The van der Waals surface area contributed by atoms with Crippen molar-refractivity contribution in [2.75, 3.05) is 0 Å². The van der Waals surface area contributed by atoms with E-state index in [1.807, 2.05) is 6.07 Å². The van der Waals surface area contributed by atoms with E-state index in [2.05, 4.69) is 26.0 Å². The maximum Gasteiger partial charge on any atom is 0.134 e. The van der Waals surface area contributed by atoms with Crippen molar-refractivity contribution in [3.8, 4) is 0 Å². The van der Waals surface area contributed by atoms with Crippen LogP contribution in [0.2, 0.25) is 0 Å². The molecule has 0 saturated heterocycles. The number of ketones is 1. The molecule has 1 aromatic heterocycles. The largest absolute Gasteiger partial charge is 0.461 e. The van der Waals surface area contributed by atoms with Gasteiger partial charge in [0.15, 0.2) is 0 Å². The van der Waals surface area contributed by atoms with Crippen LogP contribution < -0.4 is 0 Å². The van der Waals surface area contributed by atoms with E-state index in [9.17, 15) is 4.79 Å². The van der Waals surface area contributed by atoms with E-state index < -0.39 is 0 Å². The van der Waals surface area contributed by atoms with Crippen molar-refractivity contribution < 1.29 is 9.21 Å². The molecule has 0 unspecified atom stereocenters. The maximum atomic E-state index is 11.0. The van der Waals surface area contributed by atoms with Gasteiger partial charge in [-0.2, -0.15) is 0 Å². The molecule has 0 spiro atoms. The Morgan fingerprint density at radius 2 is 2.12 bits per heavy atom. The van der Waals surface area contributed by atoms with Crippen molar-refractivity contribution in [2.45, 2.75) is 40.0 Å². The number of furan rings is 1. The summed E-state index contributed by atoms with van der Waals surface area (Å²) in [5.74, 6) is 1.19. The first-order valence-corrected chi connectivity index (χ1v) is 6.12. The summed E-state index contributed by atoms with van der Waals surface area (Å²) >= 11 is 0. The van der Waals surface area contributed by atoms with Crippen molar-refractivity contribution in [1.29, 1.82) is 0 Å². The fourth-order valence-electron chi connectivity index (χ4n) is 2.19. The van der Waals surface area contributed by atoms with Gasteiger partial charge in [0.2, 0.25) is 0 Å². The Morgan fingerprint density at radius 1 is 1.35 bits per heavy atom. The number of carbonyl (C=O) groups excluding carboxylic acids is 1. The first kappa shape index (κ1) is 11.9. The van der Waals surface area contributed by atoms with Crippen molar-refractivity contribution in [3.05, 3.63) is 35.1 Å². The Kier molecular flexibility index (Phi) is 3.32. The monoisotopic (exact) mass is 230 g/mol. The standard InChI is InChI=1S/C15H18O2/c1-4-12-13-9-10(2)5-7-15(13)17-14(12)8-6-11(3)16/h5,7,9H,4,6,8H2,1-3H3. The van der Waals surface area contributed by atoms with E-state index in [0.717, 1.165) is 17.8 Å². The highest BCUT2D eigenvalue weighted by atomic mass is 16.3. The molecular formula is C15H18O2. The number of hydrogen-bond donors (Lipinski definition) is 0. The lowest BCUT2D eigenvalue weighted by Gasteiger charge is -1.98. The van der Waals surface area contributed by atoms with Crippen molar-refractivity contribution in [1.82, 2.24) is 0 Å². The lowest BCUT2D eigenvalue weighted by atomic mass is 10.0. The van der Waals surface area contributed by atoms with Gasteiger partial charge < -0.3 is 9.21 Å². The lowest BCUT2D eigenvalue weighted by Crippen LogP contribution is -1.95. The number of fused-ring (bicyclic) bond motifs is 1. The fourth-order valence-corrected chi connectivity index (χ4v) is 2.19. The molecule has 0 saturated carbocycles. The molecule has 2 nitrogen and oxygen atoms in total. The van der Waals surface area contributed by atoms with Crippen LogP contribution in [0.15, 0.2) is 22.6 Å². The molecule has 2 heteroatoms. The molecule has 0 aliphatic carbocycles. The molecule has 0 aliphatic heterocycles. The van der Waals surface area contributed by atoms with Gasteiger partial charge in [0, 0.05) is 23.8 Å². The first-order valence-electron chi connectivity index (χ1n) is 6.12. The Morgan fingerprint density at radius 3 is 2.76 bits per heavy atom. The zero-order valence-electron chi connectivity index (χ0n) is 10.7. The van der Waals surface area contributed by atoms with Gasteiger partial charge in [-0.25, -0.2) is 0 Å². The van der Waals surface area contributed by atoms with Gasteiger partial charge >= 0.3 is 0 Å². The molecule has 1 heterocycles. The Labute approximate surface area is 102 Å². The molecule has 1 aromatic carbocycles. The van der Waals surface area contributed by atoms with E-state index in [1.54, 1.807) is 6.92 Å². The molecule has 0 radical (unpaired) electrons. The Balaban J connectivity index is 2.45. The van der Waals surface area contributed by atoms with Gasteiger partial charge in [-0.15, -0.1) is 0 Å². The van der Waals surface area contributed by atoms with Crippen LogP contribution in [0, 0.1) is 6.92 Å². The number of carbonyl (C=O) groups is 1. The zero-order valence-corrected chi connectivity index (χ0v) is 10.7. The van der Waals surface area contributed by atoms with Gasteiger partial charge in [-0.1, -0.05) is 18.6 Å². The van der Waals surface area contributed by atoms with Gasteiger partial charge in [0.1, 0.15) is 17.1 Å². The number of rotatable bonds is 4. The SMILES string of the molecule is CCc1c(CCC(C)=O)oc2ccc(C)cc12. The van der Waals surface area contributed by atoms with E-state index in [4.69, 9.17) is 4.42 Å². The van der Waals surface area contributed by atoms with Crippen LogP contribution in [0.25, 0.3) is 11.0 Å². The Bertz CT molecular complexity index is 549. The number of benzene rings is 1. The lowest BCUT2D eigenvalue weighted by molar-refractivity contribution is -0.117. The second-order valence-electron chi connectivity index (χ2n) is 4.56. The van der Waals surface area contributed by atoms with E-state index in [1.165, 1.54) is 16.5 Å². The fraction of sp³-hybridized carbons (Fsp3) is 0.400. The molecule has 90 valence electrons. The summed E-state index contributed by atoms with van der Waals surface area (Å²) in [5.41, 5.74) is 3.43. The van der Waals surface area contributed by atoms with Crippen LogP contribution in [0.5, 0.6) is 0 Å². The van der Waals surface area contributed by atoms with Crippen LogP contribution >= 0.6 is 0 Å². The summed E-state index contributed by atoms with van der Waals surface area (Å²) < 4.78 is 5.84. The topological polar surface area (TPSA) is 30.2 Å². The molecule has 0 amide bonds. The van der Waals surface area contributed by atoms with Crippen molar-refractivity contribution in [3.63, 3.8) is 0 Å². The summed E-state index contributed by atoms with van der Waals surface area (Å²) in [6.45, 7) is 5.84. The van der Waals surface area contributed by atoms with E-state index >= 15 is 0 Å². The number of aryl methyl sites for hydroxylation is 3. The molecule has 0 bridgehead atoms. The average molecular weight is 230 g/mol. The second-order valence-corrected chi connectivity index (χ2v) is 4.56. The molecule has 0 N–H and O–H groups in total. The van der Waals surface area contributed by atoms with Crippen LogP contribution in [0.1, 0.15) is 37.2 Å². The third-order valence-corrected chi connectivity index (χ3v) is 3.09. The quantitative estimate of drug-likeness (QED) is 0.799. The predicted molar refractivity (Wildman–Crippen MR) is 69.3 cm³/mol. The summed E-state index contributed by atoms with van der Waals surface area (Å²) in [6.07, 6.45) is 2.22. The highest BCUT2D eigenvalue weighted by molar-refractivity contribution is 5.83. The van der Waals surface area contributed by atoms with E-state index in [-0.39, 0.29) is 5.78 Å². The van der Waals surface area contributed by atoms with Crippen LogP contribution in [0.3, 0.4) is 0 Å². The second kappa shape index (κ2) is 4.74. The predicted octanol–water partition coefficient (Wildman–Crippen LogP) is 3.83. The maximum absolute atomic E-state index is 11.0. The van der Waals surface area contributed by atoms with Gasteiger partial charge in [0.05, 0.1) is 0 Å². The van der Waals surface area contributed by atoms with Crippen molar-refractivity contribution in [2.24, 2.45) is 0 Å². The highest BCUT2D eigenvalue weighted by Crippen LogP contribution is 2.28. The molecule has 0 aliphatic rings. The third kappa shape index (κ3) is 2.41. The molecule has 0 atom stereocenters. The van der Waals surface area contributed by atoms with Gasteiger partial charge in [-0.3, -0.25) is 0 Å². The minimum atomic E-state index is 0.212. The molecular weight excluding hydrogens is 212 g/mol. The summed E-state index contributed by atoms with van der Waals surface area (Å²) in [5, 5.41) is 1.20. The molecule has 0 fully saturated rings. The number of Topliss-reactive ketones (excluding diaryl/α,β-unsaturated/α-hetero) is 1. The molecule has 2 aromatic rings. The normalized spacial score (nSPS) is 11.0. The van der Waals surface area contributed by atoms with Crippen molar-refractivity contribution >= 4 is 16.8 Å². The van der Waals surface area contributed by atoms with Crippen LogP contribution in [0.4, 0.5) is 0 Å². The minimum Gasteiger partial charge on any atom is -0.461 e. The Hall–Kier alpha value is -1.57. The summed E-state index contributed by atoms with van der Waals surface area (Å²) in [7, 11) is 0. The highest BCUT2D eigenvalue weighted by Gasteiger charge is 2.12. The van der Waals surface area contributed by atoms with Crippen LogP contribution in [-0.2, 0) is 17.6 Å². The number of hydrogen-bond acceptors (Lipinski definition) is 2. The third-order valence-electron chi connectivity index (χ3n) is 3.09. The van der Waals surface area contributed by atoms with Crippen LogP contribution in [-0.4, -0.2) is 5.78 Å².